The van der Waals surface area contributed by atoms with Crippen molar-refractivity contribution in [3.63, 3.8) is 0 Å². The lowest BCUT2D eigenvalue weighted by Crippen LogP contribution is -2.01. The summed E-state index contributed by atoms with van der Waals surface area (Å²) in [6.07, 6.45) is 4.39. The smallest absolute Gasteiger partial charge is 0.164 e. The number of hydrogen-bond donors (Lipinski definition) is 0. The molecule has 272 valence electrons. The van der Waals surface area contributed by atoms with E-state index in [2.05, 4.69) is 137 Å². The fraction of sp³-hybridized carbons (Fsp3) is 0. The monoisotopic (exact) mass is 855 g/mol. The van der Waals surface area contributed by atoms with Gasteiger partial charge in [0.05, 0.1) is 0 Å². The standard InChI is InChI=1S/C52H30IN3O2/c1-2-11-31(12-3-1)50-54-51(34-23-22-32-30-45-33(13-10-24-53-45)25-35(32)26-34)56-52(55-50)38-28-36(39-16-8-18-43-41-14-4-6-20-46(41)57-48(39)43)27-37(29-38)40-17-9-19-44-42-15-5-7-21-47(42)58-49(40)44/h1-30H. The number of halogens is 1. The van der Waals surface area contributed by atoms with E-state index in [9.17, 15) is 0 Å². The summed E-state index contributed by atoms with van der Waals surface area (Å²) in [7, 11) is 0. The van der Waals surface area contributed by atoms with E-state index in [0.717, 1.165) is 88.2 Å². The van der Waals surface area contributed by atoms with Crippen LogP contribution in [0.4, 0.5) is 0 Å². The second-order valence-electron chi connectivity index (χ2n) is 14.6. The minimum Gasteiger partial charge on any atom is -0.455 e. The third kappa shape index (κ3) is 5.51. The van der Waals surface area contributed by atoms with E-state index >= 15 is 0 Å². The lowest BCUT2D eigenvalue weighted by molar-refractivity contribution is 0.670. The summed E-state index contributed by atoms with van der Waals surface area (Å²) in [5, 5.41) is 6.70. The van der Waals surface area contributed by atoms with Crippen molar-refractivity contribution in [2.24, 2.45) is 0 Å². The Morgan fingerprint density at radius 1 is 0.397 bits per heavy atom. The second kappa shape index (κ2) is 13.3. The third-order valence-electron chi connectivity index (χ3n) is 11.0. The lowest BCUT2D eigenvalue weighted by Gasteiger charge is -2.13. The lowest BCUT2D eigenvalue weighted by atomic mass is 9.94. The van der Waals surface area contributed by atoms with E-state index < -0.39 is 0 Å². The van der Waals surface area contributed by atoms with Crippen molar-refractivity contribution in [2.45, 2.75) is 0 Å². The molecule has 12 rings (SSSR count). The SMILES string of the molecule is C1=Cc2cc3cc(-c4nc(-c5ccccc5)nc(-c5cc(-c6cccc7c6oc6ccccc67)cc(-c6cccc7c6oc6ccccc67)c5)n4)ccc3cc2I=C1. The van der Waals surface area contributed by atoms with Crippen molar-refractivity contribution >= 4 is 85.5 Å². The van der Waals surface area contributed by atoms with Crippen molar-refractivity contribution < 1.29 is 8.83 Å². The van der Waals surface area contributed by atoms with Gasteiger partial charge < -0.3 is 8.83 Å². The number of allylic oxidation sites excluding steroid dienone is 1. The summed E-state index contributed by atoms with van der Waals surface area (Å²) < 4.78 is 17.0. The minimum absolute atomic E-state index is 0.122. The highest BCUT2D eigenvalue weighted by Gasteiger charge is 2.20. The highest BCUT2D eigenvalue weighted by Crippen LogP contribution is 2.42. The predicted molar refractivity (Wildman–Crippen MR) is 247 cm³/mol. The zero-order chi connectivity index (χ0) is 38.2. The minimum atomic E-state index is -0.122. The number of para-hydroxylation sites is 4. The first-order chi connectivity index (χ1) is 28.7. The van der Waals surface area contributed by atoms with Gasteiger partial charge in [-0.25, -0.2) is 15.0 Å². The maximum absolute atomic E-state index is 6.60. The Morgan fingerprint density at radius 3 is 1.64 bits per heavy atom. The number of aromatic nitrogens is 3. The molecule has 0 radical (unpaired) electrons. The molecule has 0 spiro atoms. The normalized spacial score (nSPS) is 12.5. The Bertz CT molecular complexity index is 3390. The fourth-order valence-corrected chi connectivity index (χ4v) is 10.3. The van der Waals surface area contributed by atoms with Gasteiger partial charge in [0, 0.05) is 52.9 Å². The van der Waals surface area contributed by atoms with Gasteiger partial charge in [-0.15, -0.1) is 0 Å². The first-order valence-electron chi connectivity index (χ1n) is 19.2. The Labute approximate surface area is 342 Å². The Hall–Kier alpha value is -7.03. The largest absolute Gasteiger partial charge is 0.455 e. The maximum Gasteiger partial charge on any atom is 0.164 e. The molecule has 0 N–H and O–H groups in total. The molecule has 0 unspecified atom stereocenters. The molecule has 6 heteroatoms. The predicted octanol–water partition coefficient (Wildman–Crippen LogP) is 14.1. The van der Waals surface area contributed by atoms with Gasteiger partial charge in [0.25, 0.3) is 0 Å². The summed E-state index contributed by atoms with van der Waals surface area (Å²) in [5.41, 5.74) is 11.3. The zero-order valence-electron chi connectivity index (χ0n) is 30.9. The van der Waals surface area contributed by atoms with E-state index in [1.165, 1.54) is 14.5 Å². The average molecular weight is 856 g/mol. The van der Waals surface area contributed by atoms with Crippen LogP contribution in [0.25, 0.3) is 117 Å². The van der Waals surface area contributed by atoms with Crippen molar-refractivity contribution in [1.29, 1.82) is 0 Å². The van der Waals surface area contributed by atoms with E-state index in [0.29, 0.717) is 17.5 Å². The molecule has 11 aromatic rings. The molecule has 0 bridgehead atoms. The molecule has 0 amide bonds. The third-order valence-corrected chi connectivity index (χ3v) is 13.4. The van der Waals surface area contributed by atoms with Crippen molar-refractivity contribution in [3.05, 3.63) is 179 Å². The first-order valence-corrected chi connectivity index (χ1v) is 21.5. The van der Waals surface area contributed by atoms with Gasteiger partial charge in [0.15, 0.2) is 17.5 Å². The fourth-order valence-electron chi connectivity index (χ4n) is 8.26. The summed E-state index contributed by atoms with van der Waals surface area (Å²) in [6.45, 7) is 0. The summed E-state index contributed by atoms with van der Waals surface area (Å²) in [6, 6.07) is 57.1. The van der Waals surface area contributed by atoms with Gasteiger partial charge in [0.2, 0.25) is 0 Å². The van der Waals surface area contributed by atoms with Crippen LogP contribution < -0.4 is 0 Å². The molecule has 4 heterocycles. The molecule has 8 aromatic carbocycles. The Morgan fingerprint density at radius 2 is 0.966 bits per heavy atom. The molecule has 58 heavy (non-hydrogen) atoms. The van der Waals surface area contributed by atoms with Gasteiger partial charge in [-0.3, -0.25) is 0 Å². The van der Waals surface area contributed by atoms with Crippen LogP contribution in [0, 0.1) is 3.57 Å². The van der Waals surface area contributed by atoms with Crippen LogP contribution in [0.2, 0.25) is 0 Å². The average Bonchev–Trinajstić information content (AvgIpc) is 3.87. The maximum atomic E-state index is 6.60. The van der Waals surface area contributed by atoms with Crippen molar-refractivity contribution in [3.8, 4) is 56.4 Å². The number of nitrogens with zero attached hydrogens (tertiary/aromatic N) is 3. The summed E-state index contributed by atoms with van der Waals surface area (Å²) in [5.74, 6) is 1.81. The van der Waals surface area contributed by atoms with Gasteiger partial charge in [-0.1, -0.05) is 148 Å². The quantitative estimate of drug-likeness (QED) is 0.161. The van der Waals surface area contributed by atoms with Crippen LogP contribution in [-0.4, -0.2) is 19.0 Å². The highest BCUT2D eigenvalue weighted by molar-refractivity contribution is 14.2. The van der Waals surface area contributed by atoms with E-state index in [1.54, 1.807) is 0 Å². The molecular formula is C52H30IN3O2. The van der Waals surface area contributed by atoms with Crippen LogP contribution in [-0.2, 0) is 0 Å². The molecule has 0 atom stereocenters. The topological polar surface area (TPSA) is 65.0 Å². The van der Waals surface area contributed by atoms with E-state index in [4.69, 9.17) is 23.8 Å². The van der Waals surface area contributed by atoms with Gasteiger partial charge in [-0.2, -0.15) is 0 Å². The Balaban J connectivity index is 1.11. The van der Waals surface area contributed by atoms with Crippen LogP contribution in [0.3, 0.4) is 0 Å². The number of rotatable bonds is 5. The van der Waals surface area contributed by atoms with Gasteiger partial charge >= 0.3 is 0 Å². The number of benzene rings is 8. The van der Waals surface area contributed by atoms with Crippen LogP contribution >= 0.6 is 20.7 Å². The summed E-state index contributed by atoms with van der Waals surface area (Å²) >= 11 is -0.122. The molecule has 1 aliphatic heterocycles. The van der Waals surface area contributed by atoms with Crippen molar-refractivity contribution in [2.75, 3.05) is 0 Å². The molecular weight excluding hydrogens is 825 g/mol. The zero-order valence-corrected chi connectivity index (χ0v) is 33.0. The van der Waals surface area contributed by atoms with Crippen LogP contribution in [0.1, 0.15) is 5.56 Å². The van der Waals surface area contributed by atoms with Crippen LogP contribution in [0.5, 0.6) is 0 Å². The molecule has 0 fully saturated rings. The van der Waals surface area contributed by atoms with Crippen LogP contribution in [0.15, 0.2) is 179 Å². The number of hydrogen-bond acceptors (Lipinski definition) is 5. The van der Waals surface area contributed by atoms with Gasteiger partial charge in [-0.05, 0) is 80.0 Å². The molecule has 0 saturated heterocycles. The first kappa shape index (κ1) is 33.1. The summed E-state index contributed by atoms with van der Waals surface area (Å²) in [4.78, 5) is 15.6. The molecule has 1 aliphatic rings. The number of fused-ring (bicyclic) bond motifs is 8. The van der Waals surface area contributed by atoms with Gasteiger partial charge in [0.1, 0.15) is 22.3 Å². The molecule has 5 nitrogen and oxygen atoms in total. The molecule has 0 saturated carbocycles. The van der Waals surface area contributed by atoms with E-state index in [-0.39, 0.29) is 20.7 Å². The van der Waals surface area contributed by atoms with E-state index in [1.807, 2.05) is 42.5 Å². The molecule has 0 aliphatic carbocycles. The van der Waals surface area contributed by atoms with Crippen molar-refractivity contribution in [1.82, 2.24) is 15.0 Å². The second-order valence-corrected chi connectivity index (χ2v) is 17.1. The Kier molecular flexibility index (Phi) is 7.59. The highest BCUT2D eigenvalue weighted by atomic mass is 127. The molecule has 3 aromatic heterocycles. The number of furan rings is 2.